The molecule has 0 N–H and O–H groups in total. The Morgan fingerprint density at radius 2 is 1.17 bits per heavy atom. The molecule has 0 saturated carbocycles. The minimum absolute atomic E-state index is 0. The monoisotopic (exact) mass is 688 g/mol. The summed E-state index contributed by atoms with van der Waals surface area (Å²) in [6.45, 7) is 11.4. The van der Waals surface area contributed by atoms with Crippen LogP contribution in [0.3, 0.4) is 0 Å². The van der Waals surface area contributed by atoms with Crippen molar-refractivity contribution in [1.82, 2.24) is 0 Å². The van der Waals surface area contributed by atoms with Gasteiger partial charge in [-0.25, -0.2) is 12.2 Å². The first kappa shape index (κ1) is 38.2. The van der Waals surface area contributed by atoms with Gasteiger partial charge in [-0.3, -0.25) is 6.08 Å². The van der Waals surface area contributed by atoms with Crippen LogP contribution in [0.2, 0.25) is 0 Å². The van der Waals surface area contributed by atoms with Crippen molar-refractivity contribution in [3.8, 4) is 11.1 Å². The van der Waals surface area contributed by atoms with Crippen LogP contribution in [-0.4, -0.2) is 3.81 Å². The van der Waals surface area contributed by atoms with Gasteiger partial charge in [-0.1, -0.05) is 118 Å². The van der Waals surface area contributed by atoms with Gasteiger partial charge in [-0.15, -0.1) is 17.5 Å². The maximum Gasteiger partial charge on any atom is -0.109 e. The first-order chi connectivity index (χ1) is 21.7. The smallest absolute Gasteiger partial charge is 0.109 e. The quantitative estimate of drug-likeness (QED) is 0.181. The standard InChI is InChI=1S/C31H29.C8H8.C5H5.2ClH.Ti/c1-30(2,24-11-7-5-8-12-24)26-17-15-22-19-23-16-18-27(21-29(23)28(22)20-26)31(3,4)25-13-9-6-10-14-25;1-2-8-6-4-3-5-7-8;1-2-4-5-3-1;;;/h5-15,17-18,20-21H,19H2,1-4H3;3-7H,1H3;1-3H,4H2;2*1H;/q-1;;-1;;;+2/p-2. The molecule has 3 heteroatoms. The van der Waals surface area contributed by atoms with Gasteiger partial charge in [-0.05, 0) is 28.5 Å². The number of hydrogen-bond donors (Lipinski definition) is 0. The number of hydrogen-bond acceptors (Lipinski definition) is 0. The van der Waals surface area contributed by atoms with E-state index in [1.54, 1.807) is 0 Å². The molecule has 0 aromatic heterocycles. The fourth-order valence-electron chi connectivity index (χ4n) is 5.91. The Labute approximate surface area is 306 Å². The predicted octanol–water partition coefficient (Wildman–Crippen LogP) is 4.80. The van der Waals surface area contributed by atoms with Gasteiger partial charge in [0.1, 0.15) is 0 Å². The van der Waals surface area contributed by atoms with Gasteiger partial charge in [0, 0.05) is 5.41 Å². The molecule has 0 aliphatic heterocycles. The molecule has 0 amide bonds. The van der Waals surface area contributed by atoms with Gasteiger partial charge in [0.15, 0.2) is 0 Å². The third-order valence-electron chi connectivity index (χ3n) is 9.02. The molecule has 0 nitrogen and oxygen atoms in total. The van der Waals surface area contributed by atoms with E-state index in [2.05, 4.69) is 188 Å². The Kier molecular flexibility index (Phi) is 14.0. The second kappa shape index (κ2) is 17.2. The molecular formula is C44H42Cl2Ti-2. The zero-order chi connectivity index (χ0) is 31.9. The summed E-state index contributed by atoms with van der Waals surface area (Å²) in [6.07, 6.45) is 11.0. The zero-order valence-electron chi connectivity index (χ0n) is 27.9. The molecule has 0 fully saturated rings. The van der Waals surface area contributed by atoms with Crippen LogP contribution in [0.25, 0.3) is 11.1 Å². The molecule has 5 aromatic rings. The van der Waals surface area contributed by atoms with Crippen LogP contribution < -0.4 is 24.8 Å². The minimum atomic E-state index is -0.0591. The SMILES string of the molecule is CC(C)(c1ccccc1)c1c[c-]c2c(c1)-c1cc(C(C)(C)c3ccccc3)ccc1C2.C[C](=[Ti+2])c1ccccc1.[C-]1=CC=CC1.[Cl-].[Cl-]. The van der Waals surface area contributed by atoms with E-state index in [-0.39, 0.29) is 35.6 Å². The van der Waals surface area contributed by atoms with Crippen LogP contribution in [0.4, 0.5) is 0 Å². The largest absolute Gasteiger partial charge is 1.00 e. The zero-order valence-corrected chi connectivity index (χ0v) is 31.0. The summed E-state index contributed by atoms with van der Waals surface area (Å²) in [7, 11) is 0. The van der Waals surface area contributed by atoms with Gasteiger partial charge < -0.3 is 24.8 Å². The second-order valence-electron chi connectivity index (χ2n) is 12.8. The summed E-state index contributed by atoms with van der Waals surface area (Å²) < 4.78 is 1.37. The van der Waals surface area contributed by atoms with Gasteiger partial charge in [0.05, 0.1) is 0 Å². The number of halogens is 2. The van der Waals surface area contributed by atoms with Crippen molar-refractivity contribution in [3.63, 3.8) is 0 Å². The van der Waals surface area contributed by atoms with E-state index in [0.29, 0.717) is 0 Å². The van der Waals surface area contributed by atoms with Gasteiger partial charge >= 0.3 is 66.6 Å². The van der Waals surface area contributed by atoms with E-state index in [4.69, 9.17) is 0 Å². The topological polar surface area (TPSA) is 0 Å². The molecule has 0 heterocycles. The van der Waals surface area contributed by atoms with Crippen LogP contribution in [0, 0.1) is 12.1 Å². The number of rotatable bonds is 5. The minimum Gasteiger partial charge on any atom is -1.00 e. The van der Waals surface area contributed by atoms with E-state index in [0.717, 1.165) is 12.8 Å². The Bertz CT molecular complexity index is 1690. The number of benzene rings is 5. The Hall–Kier alpha value is -3.26. The molecule has 7 rings (SSSR count). The summed E-state index contributed by atoms with van der Waals surface area (Å²) >= 11 is 2.12. The van der Waals surface area contributed by atoms with Crippen LogP contribution in [0.15, 0.2) is 140 Å². The summed E-state index contributed by atoms with van der Waals surface area (Å²) in [5, 5.41) is 0. The second-order valence-corrected chi connectivity index (χ2v) is 14.0. The first-order valence-electron chi connectivity index (χ1n) is 15.8. The molecule has 47 heavy (non-hydrogen) atoms. The molecule has 5 aromatic carbocycles. The van der Waals surface area contributed by atoms with E-state index < -0.39 is 0 Å². The van der Waals surface area contributed by atoms with Crippen molar-refractivity contribution < 1.29 is 44.8 Å². The Morgan fingerprint density at radius 1 is 0.638 bits per heavy atom. The van der Waals surface area contributed by atoms with Crippen molar-refractivity contribution in [3.05, 3.63) is 191 Å². The van der Waals surface area contributed by atoms with Crippen molar-refractivity contribution in [2.24, 2.45) is 0 Å². The van der Waals surface area contributed by atoms with E-state index in [1.807, 2.05) is 18.2 Å². The van der Waals surface area contributed by atoms with Crippen LogP contribution >= 0.6 is 0 Å². The van der Waals surface area contributed by atoms with Gasteiger partial charge in [0.2, 0.25) is 0 Å². The molecule has 2 aliphatic carbocycles. The van der Waals surface area contributed by atoms with Crippen molar-refractivity contribution in [1.29, 1.82) is 0 Å². The fraction of sp³-hybridized carbons (Fsp3) is 0.205. The van der Waals surface area contributed by atoms with Crippen molar-refractivity contribution in [2.75, 3.05) is 0 Å². The maximum absolute atomic E-state index is 3.63. The van der Waals surface area contributed by atoms with Crippen LogP contribution in [-0.2, 0) is 37.2 Å². The molecule has 238 valence electrons. The summed E-state index contributed by atoms with van der Waals surface area (Å²) in [4.78, 5) is 0. The molecule has 0 spiro atoms. The van der Waals surface area contributed by atoms with Crippen LogP contribution in [0.1, 0.15) is 80.0 Å². The Morgan fingerprint density at radius 3 is 1.64 bits per heavy atom. The predicted molar refractivity (Wildman–Crippen MR) is 188 cm³/mol. The molecular weight excluding hydrogens is 647 g/mol. The summed E-state index contributed by atoms with van der Waals surface area (Å²) in [5.74, 6) is 0. The molecule has 2 aliphatic rings. The molecule has 0 atom stereocenters. The first-order valence-corrected chi connectivity index (χ1v) is 16.6. The van der Waals surface area contributed by atoms with E-state index in [9.17, 15) is 0 Å². The van der Waals surface area contributed by atoms with Gasteiger partial charge in [0.25, 0.3) is 0 Å². The van der Waals surface area contributed by atoms with Gasteiger partial charge in [-0.2, -0.15) is 29.8 Å². The molecule has 0 saturated heterocycles. The van der Waals surface area contributed by atoms with E-state index in [1.165, 1.54) is 53.9 Å². The normalized spacial score (nSPS) is 12.2. The average molecular weight is 690 g/mol. The van der Waals surface area contributed by atoms with E-state index >= 15 is 0 Å². The summed E-state index contributed by atoms with van der Waals surface area (Å²) in [6, 6.07) is 47.3. The third kappa shape index (κ3) is 9.22. The van der Waals surface area contributed by atoms with Crippen molar-refractivity contribution >= 4 is 3.81 Å². The number of allylic oxidation sites excluding steroid dienone is 4. The molecule has 0 radical (unpaired) electrons. The van der Waals surface area contributed by atoms with Crippen molar-refractivity contribution in [2.45, 2.75) is 58.3 Å². The summed E-state index contributed by atoms with van der Waals surface area (Å²) in [5.41, 5.74) is 12.0. The van der Waals surface area contributed by atoms with Crippen LogP contribution in [0.5, 0.6) is 0 Å². The molecule has 0 unspecified atom stereocenters. The number of fused-ring (bicyclic) bond motifs is 3. The third-order valence-corrected chi connectivity index (χ3v) is 9.47. The fourth-order valence-corrected chi connectivity index (χ4v) is 6.17. The maximum atomic E-state index is 3.63. The Balaban J connectivity index is 0.000000312. The average Bonchev–Trinajstić information content (AvgIpc) is 3.78. The molecule has 0 bridgehead atoms.